The SMILES string of the molecule is CCN1C(=O)OCC1Cc1ccc(Oc2ccc(Cc3ccc4c(c3)CC(=O)N4)cc2C(F)(F)F)cc1. The lowest BCUT2D eigenvalue weighted by Crippen LogP contribution is -2.34. The van der Waals surface area contributed by atoms with E-state index in [1.54, 1.807) is 47.4 Å². The summed E-state index contributed by atoms with van der Waals surface area (Å²) in [6.45, 7) is 2.74. The third kappa shape index (κ3) is 5.40. The fourth-order valence-electron chi connectivity index (χ4n) is 4.76. The van der Waals surface area contributed by atoms with Gasteiger partial charge in [-0.3, -0.25) is 4.79 Å². The number of amides is 2. The molecule has 0 bridgehead atoms. The molecule has 6 nitrogen and oxygen atoms in total. The summed E-state index contributed by atoms with van der Waals surface area (Å²) in [6, 6.07) is 16.2. The molecule has 3 aromatic rings. The molecule has 0 spiro atoms. The number of alkyl halides is 3. The van der Waals surface area contributed by atoms with Crippen molar-refractivity contribution in [2.24, 2.45) is 0 Å². The minimum Gasteiger partial charge on any atom is -0.457 e. The maximum absolute atomic E-state index is 13.9. The minimum atomic E-state index is -4.60. The van der Waals surface area contributed by atoms with E-state index in [-0.39, 0.29) is 36.0 Å². The van der Waals surface area contributed by atoms with Crippen molar-refractivity contribution in [3.8, 4) is 11.5 Å². The molecule has 5 rings (SSSR count). The van der Waals surface area contributed by atoms with Gasteiger partial charge in [-0.1, -0.05) is 30.3 Å². The molecule has 0 aromatic heterocycles. The first kappa shape index (κ1) is 24.7. The second-order valence-electron chi connectivity index (χ2n) is 9.19. The number of fused-ring (bicyclic) bond motifs is 1. The average Bonchev–Trinajstić information content (AvgIpc) is 3.40. The van der Waals surface area contributed by atoms with Crippen LogP contribution < -0.4 is 10.1 Å². The number of hydrogen-bond acceptors (Lipinski definition) is 4. The van der Waals surface area contributed by atoms with Gasteiger partial charge in [-0.2, -0.15) is 13.2 Å². The van der Waals surface area contributed by atoms with E-state index >= 15 is 0 Å². The summed E-state index contributed by atoms with van der Waals surface area (Å²) in [6.07, 6.45) is -3.79. The molecule has 2 aliphatic rings. The van der Waals surface area contributed by atoms with Crippen molar-refractivity contribution < 1.29 is 32.2 Å². The molecule has 3 aromatic carbocycles. The van der Waals surface area contributed by atoms with Gasteiger partial charge in [0.1, 0.15) is 18.1 Å². The first-order valence-electron chi connectivity index (χ1n) is 12.0. The molecule has 2 heterocycles. The van der Waals surface area contributed by atoms with Gasteiger partial charge in [-0.25, -0.2) is 4.79 Å². The van der Waals surface area contributed by atoms with Crippen molar-refractivity contribution in [1.82, 2.24) is 4.90 Å². The van der Waals surface area contributed by atoms with Crippen LogP contribution in [0.2, 0.25) is 0 Å². The van der Waals surface area contributed by atoms with E-state index < -0.39 is 11.7 Å². The van der Waals surface area contributed by atoms with E-state index in [4.69, 9.17) is 9.47 Å². The average molecular weight is 511 g/mol. The van der Waals surface area contributed by atoms with Gasteiger partial charge in [-0.15, -0.1) is 0 Å². The van der Waals surface area contributed by atoms with Crippen molar-refractivity contribution in [2.75, 3.05) is 18.5 Å². The van der Waals surface area contributed by atoms with E-state index in [1.807, 2.05) is 13.0 Å². The Morgan fingerprint density at radius 3 is 2.43 bits per heavy atom. The highest BCUT2D eigenvalue weighted by molar-refractivity contribution is 5.99. The Balaban J connectivity index is 1.31. The molecular weight excluding hydrogens is 485 g/mol. The molecule has 1 N–H and O–H groups in total. The third-order valence-electron chi connectivity index (χ3n) is 6.59. The summed E-state index contributed by atoms with van der Waals surface area (Å²) in [5, 5.41) is 2.75. The van der Waals surface area contributed by atoms with E-state index in [0.717, 1.165) is 28.4 Å². The minimum absolute atomic E-state index is 0.0731. The number of halogens is 3. The van der Waals surface area contributed by atoms with Crippen molar-refractivity contribution in [2.45, 2.75) is 38.4 Å². The lowest BCUT2D eigenvalue weighted by atomic mass is 9.99. The summed E-state index contributed by atoms with van der Waals surface area (Å²) in [4.78, 5) is 25.0. The summed E-state index contributed by atoms with van der Waals surface area (Å²) in [5.41, 5.74) is 2.97. The molecule has 1 fully saturated rings. The Bertz CT molecular complexity index is 1340. The molecule has 0 radical (unpaired) electrons. The number of carbonyl (C=O) groups is 2. The lowest BCUT2D eigenvalue weighted by Gasteiger charge is -2.19. The van der Waals surface area contributed by atoms with Gasteiger partial charge in [0.25, 0.3) is 0 Å². The Hall–Kier alpha value is -4.01. The molecule has 1 saturated heterocycles. The Morgan fingerprint density at radius 1 is 1.00 bits per heavy atom. The van der Waals surface area contributed by atoms with Crippen LogP contribution in [0, 0.1) is 0 Å². The van der Waals surface area contributed by atoms with E-state index in [0.29, 0.717) is 31.6 Å². The monoisotopic (exact) mass is 510 g/mol. The highest BCUT2D eigenvalue weighted by atomic mass is 19.4. The molecule has 2 amide bonds. The number of ether oxygens (including phenoxy) is 2. The van der Waals surface area contributed by atoms with Crippen LogP contribution in [0.5, 0.6) is 11.5 Å². The van der Waals surface area contributed by atoms with Gasteiger partial charge < -0.3 is 19.7 Å². The van der Waals surface area contributed by atoms with Crippen LogP contribution in [0.25, 0.3) is 0 Å². The molecule has 0 saturated carbocycles. The number of anilines is 1. The van der Waals surface area contributed by atoms with E-state index in [9.17, 15) is 22.8 Å². The molecule has 1 unspecified atom stereocenters. The second kappa shape index (κ2) is 9.80. The zero-order valence-electron chi connectivity index (χ0n) is 20.1. The zero-order chi connectivity index (χ0) is 26.2. The maximum Gasteiger partial charge on any atom is 0.419 e. The molecule has 37 heavy (non-hydrogen) atoms. The van der Waals surface area contributed by atoms with Crippen LogP contribution in [0.1, 0.15) is 34.7 Å². The molecular formula is C28H25F3N2O4. The standard InChI is InChI=1S/C28H25F3N2O4/c1-2-33-21(16-36-27(33)35)13-17-3-7-22(8-4-17)37-25-10-6-19(14-23(25)28(29,30)31)11-18-5-9-24-20(12-18)15-26(34)32-24/h3-10,12,14,21H,2,11,13,15-16H2,1H3,(H,32,34). The number of carbonyl (C=O) groups excluding carboxylic acids is 2. The number of rotatable bonds is 7. The number of nitrogens with zero attached hydrogens (tertiary/aromatic N) is 1. The predicted molar refractivity (Wildman–Crippen MR) is 131 cm³/mol. The summed E-state index contributed by atoms with van der Waals surface area (Å²) in [7, 11) is 0. The largest absolute Gasteiger partial charge is 0.457 e. The highest BCUT2D eigenvalue weighted by Crippen LogP contribution is 2.39. The fourth-order valence-corrected chi connectivity index (χ4v) is 4.76. The number of hydrogen-bond donors (Lipinski definition) is 1. The van der Waals surface area contributed by atoms with Crippen LogP contribution in [0.3, 0.4) is 0 Å². The zero-order valence-corrected chi connectivity index (χ0v) is 20.1. The lowest BCUT2D eigenvalue weighted by molar-refractivity contribution is -0.138. The van der Waals surface area contributed by atoms with Crippen molar-refractivity contribution in [3.05, 3.63) is 88.5 Å². The first-order valence-corrected chi connectivity index (χ1v) is 12.0. The normalized spacial score (nSPS) is 17.0. The van der Waals surface area contributed by atoms with Crippen molar-refractivity contribution >= 4 is 17.7 Å². The highest BCUT2D eigenvalue weighted by Gasteiger charge is 2.35. The van der Waals surface area contributed by atoms with Gasteiger partial charge >= 0.3 is 12.3 Å². The topological polar surface area (TPSA) is 67.9 Å². The molecule has 192 valence electrons. The molecule has 9 heteroatoms. The number of cyclic esters (lactones) is 1. The number of likely N-dealkylation sites (N-methyl/N-ethyl adjacent to an activating group) is 1. The van der Waals surface area contributed by atoms with Crippen LogP contribution >= 0.6 is 0 Å². The molecule has 0 aliphatic carbocycles. The summed E-state index contributed by atoms with van der Waals surface area (Å²) < 4.78 is 52.5. The molecule has 2 aliphatic heterocycles. The van der Waals surface area contributed by atoms with Gasteiger partial charge in [0, 0.05) is 12.2 Å². The van der Waals surface area contributed by atoms with Crippen LogP contribution in [0.15, 0.2) is 60.7 Å². The smallest absolute Gasteiger partial charge is 0.419 e. The van der Waals surface area contributed by atoms with Crippen LogP contribution in [0.4, 0.5) is 23.7 Å². The first-order chi connectivity index (χ1) is 17.7. The predicted octanol–water partition coefficient (Wildman–Crippen LogP) is 5.97. The van der Waals surface area contributed by atoms with E-state index in [1.165, 1.54) is 6.07 Å². The number of nitrogens with one attached hydrogen (secondary N) is 1. The van der Waals surface area contributed by atoms with Gasteiger partial charge in [0.15, 0.2) is 0 Å². The van der Waals surface area contributed by atoms with E-state index in [2.05, 4.69) is 5.32 Å². The van der Waals surface area contributed by atoms with Gasteiger partial charge in [-0.05, 0) is 72.4 Å². The van der Waals surface area contributed by atoms with Crippen LogP contribution in [-0.4, -0.2) is 36.1 Å². The van der Waals surface area contributed by atoms with Crippen molar-refractivity contribution in [1.29, 1.82) is 0 Å². The maximum atomic E-state index is 13.9. The van der Waals surface area contributed by atoms with Gasteiger partial charge in [0.2, 0.25) is 5.91 Å². The fraction of sp³-hybridized carbons (Fsp3) is 0.286. The Labute approximate surface area is 212 Å². The third-order valence-corrected chi connectivity index (χ3v) is 6.59. The second-order valence-corrected chi connectivity index (χ2v) is 9.19. The number of benzene rings is 3. The van der Waals surface area contributed by atoms with Crippen molar-refractivity contribution in [3.63, 3.8) is 0 Å². The summed E-state index contributed by atoms with van der Waals surface area (Å²) in [5.74, 6) is -0.0878. The van der Waals surface area contributed by atoms with Gasteiger partial charge in [0.05, 0.1) is 18.0 Å². The Kier molecular flexibility index (Phi) is 6.54. The molecule has 1 atom stereocenters. The summed E-state index contributed by atoms with van der Waals surface area (Å²) >= 11 is 0. The van der Waals surface area contributed by atoms with Crippen LogP contribution in [-0.2, 0) is 35.0 Å². The quantitative estimate of drug-likeness (QED) is 0.426. The Morgan fingerprint density at radius 2 is 1.70 bits per heavy atom.